The molecule has 1 aromatic rings. The van der Waals surface area contributed by atoms with Crippen LogP contribution < -0.4 is 0 Å². The fraction of sp³-hybridized carbons (Fsp3) is 0.765. The van der Waals surface area contributed by atoms with Crippen LogP contribution in [-0.4, -0.2) is 4.98 Å². The summed E-state index contributed by atoms with van der Waals surface area (Å²) >= 11 is 0. The van der Waals surface area contributed by atoms with Crippen molar-refractivity contribution in [2.75, 3.05) is 0 Å². The summed E-state index contributed by atoms with van der Waals surface area (Å²) in [5.41, 5.74) is 3.29. The lowest BCUT2D eigenvalue weighted by molar-refractivity contribution is 0.570. The minimum absolute atomic E-state index is 0.274. The van der Waals surface area contributed by atoms with E-state index in [1.807, 2.05) is 0 Å². The first kappa shape index (κ1) is 15.3. The summed E-state index contributed by atoms with van der Waals surface area (Å²) in [6.07, 6.45) is 15.4. The van der Waals surface area contributed by atoms with Crippen molar-refractivity contribution in [3.05, 3.63) is 23.5 Å². The molecule has 1 heteroatoms. The first-order valence-corrected chi connectivity index (χ1v) is 7.72. The van der Waals surface area contributed by atoms with E-state index in [4.69, 9.17) is 0 Å². The molecule has 0 saturated heterocycles. The smallest absolute Gasteiger partial charge is 0.00455 e. The Hall–Kier alpha value is -0.720. The van der Waals surface area contributed by atoms with Crippen LogP contribution in [0.1, 0.15) is 83.8 Å². The molecule has 0 aromatic carbocycles. The Kier molecular flexibility index (Phi) is 6.52. The molecular weight excluding hydrogens is 218 g/mol. The van der Waals surface area contributed by atoms with Crippen LogP contribution in [0.25, 0.3) is 0 Å². The lowest BCUT2D eigenvalue weighted by Gasteiger charge is -2.19. The van der Waals surface area contributed by atoms with Gasteiger partial charge in [-0.1, -0.05) is 66.2 Å². The highest BCUT2D eigenvalue weighted by atomic mass is 14.6. The molecule has 0 radical (unpaired) electrons. The van der Waals surface area contributed by atoms with Crippen molar-refractivity contribution in [2.24, 2.45) is 0 Å². The SMILES string of the molecule is CCCCCCCCCc1c[nH]cc1C(C)(C)C. The molecule has 0 aliphatic rings. The van der Waals surface area contributed by atoms with Crippen molar-refractivity contribution in [3.8, 4) is 0 Å². The minimum atomic E-state index is 0.274. The maximum atomic E-state index is 3.27. The molecule has 0 unspecified atom stereocenters. The van der Waals surface area contributed by atoms with E-state index in [0.717, 1.165) is 0 Å². The molecule has 18 heavy (non-hydrogen) atoms. The van der Waals surface area contributed by atoms with Crippen LogP contribution in [0.15, 0.2) is 12.4 Å². The summed E-state index contributed by atoms with van der Waals surface area (Å²) in [6, 6.07) is 0. The van der Waals surface area contributed by atoms with Gasteiger partial charge in [0.15, 0.2) is 0 Å². The topological polar surface area (TPSA) is 15.8 Å². The summed E-state index contributed by atoms with van der Waals surface area (Å²) in [6.45, 7) is 9.17. The Morgan fingerprint density at radius 3 is 2.11 bits per heavy atom. The fourth-order valence-electron chi connectivity index (χ4n) is 2.57. The van der Waals surface area contributed by atoms with E-state index >= 15 is 0 Å². The summed E-state index contributed by atoms with van der Waals surface area (Å²) < 4.78 is 0. The second kappa shape index (κ2) is 7.66. The highest BCUT2D eigenvalue weighted by molar-refractivity contribution is 5.29. The Bertz CT molecular complexity index is 317. The quantitative estimate of drug-likeness (QED) is 0.577. The molecule has 0 spiro atoms. The van der Waals surface area contributed by atoms with E-state index in [9.17, 15) is 0 Å². The van der Waals surface area contributed by atoms with Crippen molar-refractivity contribution < 1.29 is 0 Å². The lowest BCUT2D eigenvalue weighted by atomic mass is 9.85. The molecule has 0 fully saturated rings. The Labute approximate surface area is 113 Å². The van der Waals surface area contributed by atoms with Crippen LogP contribution in [0.3, 0.4) is 0 Å². The van der Waals surface area contributed by atoms with Gasteiger partial charge < -0.3 is 4.98 Å². The van der Waals surface area contributed by atoms with Crippen LogP contribution >= 0.6 is 0 Å². The predicted molar refractivity (Wildman–Crippen MR) is 81.2 cm³/mol. The van der Waals surface area contributed by atoms with E-state index in [-0.39, 0.29) is 5.41 Å². The average Bonchev–Trinajstić information content (AvgIpc) is 2.76. The van der Waals surface area contributed by atoms with Gasteiger partial charge >= 0.3 is 0 Å². The van der Waals surface area contributed by atoms with Crippen LogP contribution in [0.4, 0.5) is 0 Å². The van der Waals surface area contributed by atoms with Gasteiger partial charge in [-0.2, -0.15) is 0 Å². The van der Waals surface area contributed by atoms with Crippen molar-refractivity contribution in [3.63, 3.8) is 0 Å². The Morgan fingerprint density at radius 2 is 1.50 bits per heavy atom. The molecule has 1 N–H and O–H groups in total. The predicted octanol–water partition coefficient (Wildman–Crippen LogP) is 5.61. The molecule has 0 aliphatic heterocycles. The zero-order valence-electron chi connectivity index (χ0n) is 12.8. The minimum Gasteiger partial charge on any atom is -0.367 e. The number of nitrogens with one attached hydrogen (secondary N) is 1. The van der Waals surface area contributed by atoms with Crippen LogP contribution in [-0.2, 0) is 11.8 Å². The van der Waals surface area contributed by atoms with Gasteiger partial charge in [0.05, 0.1) is 0 Å². The van der Waals surface area contributed by atoms with Gasteiger partial charge in [-0.05, 0) is 29.4 Å². The molecule has 0 bridgehead atoms. The maximum absolute atomic E-state index is 3.27. The molecule has 104 valence electrons. The Balaban J connectivity index is 2.22. The molecule has 1 heterocycles. The van der Waals surface area contributed by atoms with Gasteiger partial charge in [-0.3, -0.25) is 0 Å². The van der Waals surface area contributed by atoms with Gasteiger partial charge in [0.1, 0.15) is 0 Å². The van der Waals surface area contributed by atoms with Crippen LogP contribution in [0.5, 0.6) is 0 Å². The number of aromatic amines is 1. The maximum Gasteiger partial charge on any atom is 0.00455 e. The molecule has 1 aromatic heterocycles. The van der Waals surface area contributed by atoms with Crippen molar-refractivity contribution in [1.29, 1.82) is 0 Å². The van der Waals surface area contributed by atoms with Crippen molar-refractivity contribution in [1.82, 2.24) is 4.98 Å². The van der Waals surface area contributed by atoms with Crippen molar-refractivity contribution >= 4 is 0 Å². The first-order chi connectivity index (χ1) is 8.55. The molecule has 0 amide bonds. The van der Waals surface area contributed by atoms with Crippen molar-refractivity contribution in [2.45, 2.75) is 84.5 Å². The van der Waals surface area contributed by atoms with E-state index in [1.165, 1.54) is 62.5 Å². The standard InChI is InChI=1S/C17H31N/c1-5-6-7-8-9-10-11-12-15-13-18-14-16(15)17(2,3)4/h13-14,18H,5-12H2,1-4H3. The monoisotopic (exact) mass is 249 g/mol. The lowest BCUT2D eigenvalue weighted by Crippen LogP contribution is -2.12. The zero-order chi connectivity index (χ0) is 13.4. The first-order valence-electron chi connectivity index (χ1n) is 7.72. The number of aryl methyl sites for hydroxylation is 1. The molecule has 0 atom stereocenters. The van der Waals surface area contributed by atoms with Gasteiger partial charge in [0.2, 0.25) is 0 Å². The third-order valence-electron chi connectivity index (χ3n) is 3.69. The third kappa shape index (κ3) is 5.29. The summed E-state index contributed by atoms with van der Waals surface area (Å²) in [5.74, 6) is 0. The van der Waals surface area contributed by atoms with Gasteiger partial charge in [0, 0.05) is 12.4 Å². The van der Waals surface area contributed by atoms with Crippen LogP contribution in [0.2, 0.25) is 0 Å². The summed E-state index contributed by atoms with van der Waals surface area (Å²) in [5, 5.41) is 0. The van der Waals surface area contributed by atoms with E-state index in [0.29, 0.717) is 0 Å². The zero-order valence-corrected chi connectivity index (χ0v) is 12.8. The average molecular weight is 249 g/mol. The van der Waals surface area contributed by atoms with Gasteiger partial charge in [0.25, 0.3) is 0 Å². The van der Waals surface area contributed by atoms with Crippen LogP contribution in [0, 0.1) is 0 Å². The Morgan fingerprint density at radius 1 is 0.889 bits per heavy atom. The largest absolute Gasteiger partial charge is 0.367 e. The van der Waals surface area contributed by atoms with Gasteiger partial charge in [-0.15, -0.1) is 0 Å². The number of H-pyrrole nitrogens is 1. The number of aromatic nitrogens is 1. The van der Waals surface area contributed by atoms with E-state index in [1.54, 1.807) is 0 Å². The normalized spacial score (nSPS) is 12.0. The summed E-state index contributed by atoms with van der Waals surface area (Å²) in [7, 11) is 0. The molecule has 1 nitrogen and oxygen atoms in total. The van der Waals surface area contributed by atoms with Gasteiger partial charge in [-0.25, -0.2) is 0 Å². The number of unbranched alkanes of at least 4 members (excludes halogenated alkanes) is 6. The van der Waals surface area contributed by atoms with E-state index in [2.05, 4.69) is 45.1 Å². The second-order valence-electron chi connectivity index (χ2n) is 6.52. The molecular formula is C17H31N. The fourth-order valence-corrected chi connectivity index (χ4v) is 2.57. The molecule has 0 saturated carbocycles. The third-order valence-corrected chi connectivity index (χ3v) is 3.69. The number of rotatable bonds is 8. The highest BCUT2D eigenvalue weighted by Crippen LogP contribution is 2.26. The number of hydrogen-bond acceptors (Lipinski definition) is 0. The number of hydrogen-bond donors (Lipinski definition) is 1. The highest BCUT2D eigenvalue weighted by Gasteiger charge is 2.17. The summed E-state index contributed by atoms with van der Waals surface area (Å²) in [4.78, 5) is 3.27. The molecule has 1 rings (SSSR count). The molecule has 0 aliphatic carbocycles. The van der Waals surface area contributed by atoms with E-state index < -0.39 is 0 Å². The second-order valence-corrected chi connectivity index (χ2v) is 6.52.